The van der Waals surface area contributed by atoms with Crippen LogP contribution in [0.4, 0.5) is 0 Å². The monoisotopic (exact) mass is 312 g/mol. The molecule has 0 aromatic carbocycles. The Morgan fingerprint density at radius 3 is 3.13 bits per heavy atom. The molecule has 7 heteroatoms. The van der Waals surface area contributed by atoms with Crippen molar-refractivity contribution < 1.29 is 4.42 Å². The molecule has 120 valence electrons. The van der Waals surface area contributed by atoms with Gasteiger partial charge in [0.15, 0.2) is 5.76 Å². The minimum Gasteiger partial charge on any atom is -0.460 e. The average Bonchev–Trinajstić information content (AvgIpc) is 3.22. The SMILES string of the molecule is Cc1nc2n(n1)CC(NCc1cn[nH]c1-c1ccc(C)o1)CC2. The van der Waals surface area contributed by atoms with Crippen molar-refractivity contribution in [3.63, 3.8) is 0 Å². The normalized spacial score (nSPS) is 17.4. The third kappa shape index (κ3) is 2.79. The van der Waals surface area contributed by atoms with Gasteiger partial charge < -0.3 is 9.73 Å². The second-order valence-corrected chi connectivity index (χ2v) is 6.05. The highest BCUT2D eigenvalue weighted by atomic mass is 16.3. The van der Waals surface area contributed by atoms with Gasteiger partial charge in [0.1, 0.15) is 23.1 Å². The fraction of sp³-hybridized carbons (Fsp3) is 0.438. The van der Waals surface area contributed by atoms with Gasteiger partial charge in [0.05, 0.1) is 12.7 Å². The summed E-state index contributed by atoms with van der Waals surface area (Å²) in [7, 11) is 0. The van der Waals surface area contributed by atoms with Crippen LogP contribution in [0.2, 0.25) is 0 Å². The van der Waals surface area contributed by atoms with Gasteiger partial charge in [-0.25, -0.2) is 9.67 Å². The van der Waals surface area contributed by atoms with E-state index < -0.39 is 0 Å². The predicted octanol–water partition coefficient (Wildman–Crippen LogP) is 1.98. The molecule has 1 aliphatic rings. The highest BCUT2D eigenvalue weighted by Gasteiger charge is 2.21. The van der Waals surface area contributed by atoms with Crippen molar-refractivity contribution in [2.24, 2.45) is 0 Å². The molecule has 0 aliphatic carbocycles. The third-order valence-corrected chi connectivity index (χ3v) is 4.25. The summed E-state index contributed by atoms with van der Waals surface area (Å²) >= 11 is 0. The third-order valence-electron chi connectivity index (χ3n) is 4.25. The number of aryl methyl sites for hydroxylation is 3. The molecular weight excluding hydrogens is 292 g/mol. The fourth-order valence-electron chi connectivity index (χ4n) is 3.08. The van der Waals surface area contributed by atoms with Crippen molar-refractivity contribution in [2.45, 2.75) is 45.8 Å². The molecule has 4 heterocycles. The van der Waals surface area contributed by atoms with Gasteiger partial charge in [0.2, 0.25) is 0 Å². The molecule has 0 bridgehead atoms. The van der Waals surface area contributed by atoms with E-state index >= 15 is 0 Å². The molecule has 1 aliphatic heterocycles. The lowest BCUT2D eigenvalue weighted by Crippen LogP contribution is -2.37. The summed E-state index contributed by atoms with van der Waals surface area (Å²) in [6.07, 6.45) is 3.90. The lowest BCUT2D eigenvalue weighted by molar-refractivity contribution is 0.357. The number of nitrogens with one attached hydrogen (secondary N) is 2. The molecule has 4 rings (SSSR count). The summed E-state index contributed by atoms with van der Waals surface area (Å²) in [6.45, 7) is 5.50. The first-order valence-electron chi connectivity index (χ1n) is 7.92. The highest BCUT2D eigenvalue weighted by Crippen LogP contribution is 2.23. The van der Waals surface area contributed by atoms with Gasteiger partial charge in [-0.05, 0) is 32.4 Å². The largest absolute Gasteiger partial charge is 0.460 e. The molecule has 0 spiro atoms. The van der Waals surface area contributed by atoms with Crippen LogP contribution in [0, 0.1) is 13.8 Å². The van der Waals surface area contributed by atoms with E-state index in [0.717, 1.165) is 60.4 Å². The van der Waals surface area contributed by atoms with Crippen LogP contribution in [0.3, 0.4) is 0 Å². The van der Waals surface area contributed by atoms with Crippen LogP contribution in [0.5, 0.6) is 0 Å². The molecule has 1 unspecified atom stereocenters. The maximum atomic E-state index is 5.69. The Labute approximate surface area is 134 Å². The Kier molecular flexibility index (Phi) is 3.49. The zero-order valence-electron chi connectivity index (χ0n) is 13.3. The van der Waals surface area contributed by atoms with Gasteiger partial charge in [0.25, 0.3) is 0 Å². The Morgan fingerprint density at radius 2 is 2.30 bits per heavy atom. The van der Waals surface area contributed by atoms with Gasteiger partial charge in [0, 0.05) is 24.6 Å². The van der Waals surface area contributed by atoms with Gasteiger partial charge in [-0.15, -0.1) is 0 Å². The van der Waals surface area contributed by atoms with Gasteiger partial charge in [-0.2, -0.15) is 10.2 Å². The first kappa shape index (κ1) is 14.2. The molecule has 0 fully saturated rings. The zero-order valence-corrected chi connectivity index (χ0v) is 13.3. The Bertz CT molecular complexity index is 814. The van der Waals surface area contributed by atoms with E-state index in [1.54, 1.807) is 0 Å². The molecule has 1 atom stereocenters. The van der Waals surface area contributed by atoms with Crippen LogP contribution >= 0.6 is 0 Å². The van der Waals surface area contributed by atoms with E-state index in [4.69, 9.17) is 4.42 Å². The number of hydrogen-bond acceptors (Lipinski definition) is 5. The number of hydrogen-bond donors (Lipinski definition) is 2. The Balaban J connectivity index is 1.43. The molecule has 7 nitrogen and oxygen atoms in total. The molecule has 0 saturated carbocycles. The number of H-pyrrole nitrogens is 1. The van der Waals surface area contributed by atoms with E-state index in [1.165, 1.54) is 0 Å². The highest BCUT2D eigenvalue weighted by molar-refractivity contribution is 5.56. The van der Waals surface area contributed by atoms with Crippen LogP contribution in [0.1, 0.15) is 29.4 Å². The second-order valence-electron chi connectivity index (χ2n) is 6.05. The molecule has 0 saturated heterocycles. The van der Waals surface area contributed by atoms with Crippen molar-refractivity contribution >= 4 is 0 Å². The minimum atomic E-state index is 0.393. The average molecular weight is 312 g/mol. The number of aromatic amines is 1. The zero-order chi connectivity index (χ0) is 15.8. The van der Waals surface area contributed by atoms with Crippen molar-refractivity contribution in [1.82, 2.24) is 30.3 Å². The summed E-state index contributed by atoms with van der Waals surface area (Å²) in [6, 6.07) is 4.32. The predicted molar refractivity (Wildman–Crippen MR) is 84.7 cm³/mol. The van der Waals surface area contributed by atoms with Crippen molar-refractivity contribution in [2.75, 3.05) is 0 Å². The standard InChI is InChI=1S/C16H20N6O/c1-10-3-5-14(23-10)16-12(8-18-20-16)7-17-13-4-6-15-19-11(2)21-22(15)9-13/h3,5,8,13,17H,4,6-7,9H2,1-2H3,(H,18,20). The van der Waals surface area contributed by atoms with Crippen molar-refractivity contribution in [3.8, 4) is 11.5 Å². The smallest absolute Gasteiger partial charge is 0.152 e. The van der Waals surface area contributed by atoms with Crippen LogP contribution in [-0.2, 0) is 19.5 Å². The van der Waals surface area contributed by atoms with Crippen LogP contribution in [0.25, 0.3) is 11.5 Å². The quantitative estimate of drug-likeness (QED) is 0.769. The lowest BCUT2D eigenvalue weighted by atomic mass is 10.1. The topological polar surface area (TPSA) is 84.6 Å². The van der Waals surface area contributed by atoms with E-state index in [0.29, 0.717) is 6.04 Å². The minimum absolute atomic E-state index is 0.393. The summed E-state index contributed by atoms with van der Waals surface area (Å²) < 4.78 is 7.70. The van der Waals surface area contributed by atoms with E-state index in [2.05, 4.69) is 25.6 Å². The molecule has 0 radical (unpaired) electrons. The summed E-state index contributed by atoms with van der Waals surface area (Å²) in [5, 5.41) is 15.2. The number of fused-ring (bicyclic) bond motifs is 1. The second kappa shape index (κ2) is 5.66. The maximum Gasteiger partial charge on any atom is 0.152 e. The molecule has 3 aromatic heterocycles. The van der Waals surface area contributed by atoms with E-state index in [-0.39, 0.29) is 0 Å². The number of nitrogens with zero attached hydrogens (tertiary/aromatic N) is 4. The summed E-state index contributed by atoms with van der Waals surface area (Å²) in [4.78, 5) is 4.45. The molecule has 0 amide bonds. The lowest BCUT2D eigenvalue weighted by Gasteiger charge is -2.23. The van der Waals surface area contributed by atoms with Gasteiger partial charge in [-0.3, -0.25) is 5.10 Å². The van der Waals surface area contributed by atoms with E-state index in [9.17, 15) is 0 Å². The fourth-order valence-corrected chi connectivity index (χ4v) is 3.08. The van der Waals surface area contributed by atoms with Crippen LogP contribution < -0.4 is 5.32 Å². The number of aromatic nitrogens is 5. The number of furan rings is 1. The Hall–Kier alpha value is -2.41. The van der Waals surface area contributed by atoms with Gasteiger partial charge in [-0.1, -0.05) is 0 Å². The van der Waals surface area contributed by atoms with Crippen LogP contribution in [0.15, 0.2) is 22.7 Å². The molecular formula is C16H20N6O. The first-order chi connectivity index (χ1) is 11.2. The summed E-state index contributed by atoms with van der Waals surface area (Å²) in [5.74, 6) is 3.67. The number of rotatable bonds is 4. The first-order valence-corrected chi connectivity index (χ1v) is 7.92. The van der Waals surface area contributed by atoms with Crippen molar-refractivity contribution in [3.05, 3.63) is 41.3 Å². The summed E-state index contributed by atoms with van der Waals surface area (Å²) in [5.41, 5.74) is 2.05. The Morgan fingerprint density at radius 1 is 1.39 bits per heavy atom. The van der Waals surface area contributed by atoms with E-state index in [1.807, 2.05) is 36.9 Å². The van der Waals surface area contributed by atoms with Crippen molar-refractivity contribution in [1.29, 1.82) is 0 Å². The van der Waals surface area contributed by atoms with Crippen LogP contribution in [-0.4, -0.2) is 31.0 Å². The molecule has 2 N–H and O–H groups in total. The van der Waals surface area contributed by atoms with Gasteiger partial charge >= 0.3 is 0 Å². The molecule has 23 heavy (non-hydrogen) atoms. The molecule has 3 aromatic rings. The maximum absolute atomic E-state index is 5.69.